The van der Waals surface area contributed by atoms with Gasteiger partial charge in [-0.15, -0.1) is 0 Å². The Kier molecular flexibility index (Phi) is 5.72. The SMILES string of the molecule is COc1ccc(-n2nc3c(c2NC(=O)CCC2CCCCC2)CSC3)cc1. The molecule has 0 radical (unpaired) electrons. The van der Waals surface area contributed by atoms with Crippen molar-refractivity contribution in [3.05, 3.63) is 35.5 Å². The second kappa shape index (κ2) is 8.38. The number of ether oxygens (including phenoxy) is 1. The summed E-state index contributed by atoms with van der Waals surface area (Å²) in [5.41, 5.74) is 3.19. The van der Waals surface area contributed by atoms with Crippen LogP contribution in [0.1, 0.15) is 56.2 Å². The zero-order valence-electron chi connectivity index (χ0n) is 15.9. The van der Waals surface area contributed by atoms with E-state index in [-0.39, 0.29) is 5.91 Å². The Hall–Kier alpha value is -1.95. The third-order valence-corrected chi connectivity index (χ3v) is 6.60. The number of hydrogen-bond donors (Lipinski definition) is 1. The molecule has 1 amide bonds. The number of hydrogen-bond acceptors (Lipinski definition) is 4. The van der Waals surface area contributed by atoms with Crippen LogP contribution in [0, 0.1) is 5.92 Å². The van der Waals surface area contributed by atoms with Crippen molar-refractivity contribution >= 4 is 23.5 Å². The standard InChI is InChI=1S/C21H27N3O2S/c1-26-17-10-8-16(9-11-17)24-21(18-13-27-14-19(18)23-24)22-20(25)12-7-15-5-3-2-4-6-15/h8-11,15H,2-7,12-14H2,1H3,(H,22,25). The fourth-order valence-corrected chi connectivity index (χ4v) is 5.09. The van der Waals surface area contributed by atoms with Crippen LogP contribution in [0.2, 0.25) is 0 Å². The van der Waals surface area contributed by atoms with Gasteiger partial charge in [0, 0.05) is 23.5 Å². The number of nitrogens with one attached hydrogen (secondary N) is 1. The third-order valence-electron chi connectivity index (χ3n) is 5.63. The molecule has 2 aromatic rings. The van der Waals surface area contributed by atoms with Crippen LogP contribution in [0.25, 0.3) is 5.69 Å². The number of carbonyl (C=O) groups excluding carboxylic acids is 1. The number of amides is 1. The highest BCUT2D eigenvalue weighted by Crippen LogP contribution is 2.36. The van der Waals surface area contributed by atoms with Crippen molar-refractivity contribution < 1.29 is 9.53 Å². The van der Waals surface area contributed by atoms with Crippen LogP contribution in [-0.2, 0) is 16.3 Å². The van der Waals surface area contributed by atoms with Crippen molar-refractivity contribution in [3.63, 3.8) is 0 Å². The monoisotopic (exact) mass is 385 g/mol. The van der Waals surface area contributed by atoms with E-state index in [1.165, 1.54) is 37.7 Å². The highest BCUT2D eigenvalue weighted by Gasteiger charge is 2.25. The van der Waals surface area contributed by atoms with E-state index in [0.29, 0.717) is 6.42 Å². The van der Waals surface area contributed by atoms with Crippen molar-refractivity contribution in [2.45, 2.75) is 56.5 Å². The van der Waals surface area contributed by atoms with E-state index >= 15 is 0 Å². The lowest BCUT2D eigenvalue weighted by Gasteiger charge is -2.21. The first kappa shape index (κ1) is 18.4. The second-order valence-corrected chi connectivity index (χ2v) is 8.45. The summed E-state index contributed by atoms with van der Waals surface area (Å²) in [7, 11) is 1.66. The van der Waals surface area contributed by atoms with Gasteiger partial charge in [0.25, 0.3) is 0 Å². The molecular weight excluding hydrogens is 358 g/mol. The first-order valence-corrected chi connectivity index (χ1v) is 11.0. The summed E-state index contributed by atoms with van der Waals surface area (Å²) < 4.78 is 7.13. The molecule has 0 bridgehead atoms. The maximum atomic E-state index is 12.7. The summed E-state index contributed by atoms with van der Waals surface area (Å²) in [6, 6.07) is 7.80. The Morgan fingerprint density at radius 2 is 2.00 bits per heavy atom. The Bertz CT molecular complexity index is 795. The van der Waals surface area contributed by atoms with Crippen LogP contribution >= 0.6 is 11.8 Å². The number of thioether (sulfide) groups is 1. The van der Waals surface area contributed by atoms with Gasteiger partial charge in [0.15, 0.2) is 0 Å². The zero-order valence-corrected chi connectivity index (χ0v) is 16.7. The van der Waals surface area contributed by atoms with E-state index in [9.17, 15) is 4.79 Å². The molecular formula is C21H27N3O2S. The predicted octanol–water partition coefficient (Wildman–Crippen LogP) is 4.93. The molecule has 6 heteroatoms. The summed E-state index contributed by atoms with van der Waals surface area (Å²) in [5, 5.41) is 7.93. The lowest BCUT2D eigenvalue weighted by atomic mass is 9.86. The third kappa shape index (κ3) is 4.15. The van der Waals surface area contributed by atoms with Crippen LogP contribution in [0.5, 0.6) is 5.75 Å². The molecule has 1 aromatic heterocycles. The van der Waals surface area contributed by atoms with Gasteiger partial charge in [-0.1, -0.05) is 32.1 Å². The molecule has 1 fully saturated rings. The summed E-state index contributed by atoms with van der Waals surface area (Å²) in [6.07, 6.45) is 8.15. The van der Waals surface area contributed by atoms with Crippen LogP contribution in [0.3, 0.4) is 0 Å². The maximum Gasteiger partial charge on any atom is 0.225 e. The van der Waals surface area contributed by atoms with Gasteiger partial charge in [0.05, 0.1) is 18.5 Å². The van der Waals surface area contributed by atoms with E-state index in [0.717, 1.165) is 46.8 Å². The molecule has 0 spiro atoms. The Balaban J connectivity index is 1.49. The smallest absolute Gasteiger partial charge is 0.225 e. The quantitative estimate of drug-likeness (QED) is 0.766. The number of carbonyl (C=O) groups is 1. The van der Waals surface area contributed by atoms with Crippen molar-refractivity contribution in [1.82, 2.24) is 9.78 Å². The minimum absolute atomic E-state index is 0.106. The van der Waals surface area contributed by atoms with Gasteiger partial charge in [-0.2, -0.15) is 16.9 Å². The molecule has 0 atom stereocenters. The molecule has 1 N–H and O–H groups in total. The molecule has 2 aliphatic rings. The summed E-state index contributed by atoms with van der Waals surface area (Å²) >= 11 is 1.85. The largest absolute Gasteiger partial charge is 0.497 e. The number of rotatable bonds is 6. The van der Waals surface area contributed by atoms with Crippen LogP contribution < -0.4 is 10.1 Å². The highest BCUT2D eigenvalue weighted by atomic mass is 32.2. The fraction of sp³-hybridized carbons (Fsp3) is 0.524. The Morgan fingerprint density at radius 1 is 1.22 bits per heavy atom. The van der Waals surface area contributed by atoms with E-state index in [4.69, 9.17) is 9.84 Å². The fourth-order valence-electron chi connectivity index (χ4n) is 4.06. The normalized spacial score (nSPS) is 16.9. The first-order chi connectivity index (χ1) is 13.2. The van der Waals surface area contributed by atoms with Crippen LogP contribution in [-0.4, -0.2) is 22.8 Å². The van der Waals surface area contributed by atoms with Gasteiger partial charge in [0.1, 0.15) is 11.6 Å². The molecule has 5 nitrogen and oxygen atoms in total. The van der Waals surface area contributed by atoms with Crippen molar-refractivity contribution in [2.75, 3.05) is 12.4 Å². The van der Waals surface area contributed by atoms with Gasteiger partial charge in [-0.3, -0.25) is 4.79 Å². The Labute approximate surface area is 164 Å². The topological polar surface area (TPSA) is 56.1 Å². The van der Waals surface area contributed by atoms with E-state index in [1.807, 2.05) is 40.7 Å². The molecule has 144 valence electrons. The van der Waals surface area contributed by atoms with Crippen LogP contribution in [0.15, 0.2) is 24.3 Å². The molecule has 1 saturated carbocycles. The molecule has 0 unspecified atom stereocenters. The van der Waals surface area contributed by atoms with Gasteiger partial charge in [-0.25, -0.2) is 4.68 Å². The minimum Gasteiger partial charge on any atom is -0.497 e. The summed E-state index contributed by atoms with van der Waals surface area (Å²) in [4.78, 5) is 12.7. The van der Waals surface area contributed by atoms with Crippen molar-refractivity contribution in [3.8, 4) is 11.4 Å². The molecule has 1 aliphatic carbocycles. The molecule has 1 aliphatic heterocycles. The van der Waals surface area contributed by atoms with Gasteiger partial charge in [-0.05, 0) is 36.6 Å². The second-order valence-electron chi connectivity index (χ2n) is 7.47. The molecule has 0 saturated heterocycles. The van der Waals surface area contributed by atoms with E-state index in [1.54, 1.807) is 7.11 Å². The van der Waals surface area contributed by atoms with Gasteiger partial charge < -0.3 is 10.1 Å². The predicted molar refractivity (Wildman–Crippen MR) is 110 cm³/mol. The number of anilines is 1. The van der Waals surface area contributed by atoms with Gasteiger partial charge >= 0.3 is 0 Å². The summed E-state index contributed by atoms with van der Waals surface area (Å²) in [5.74, 6) is 4.29. The van der Waals surface area contributed by atoms with Gasteiger partial charge in [0.2, 0.25) is 5.91 Å². The minimum atomic E-state index is 0.106. The number of methoxy groups -OCH3 is 1. The summed E-state index contributed by atoms with van der Waals surface area (Å²) in [6.45, 7) is 0. The maximum absolute atomic E-state index is 12.7. The number of aromatic nitrogens is 2. The number of nitrogens with zero attached hydrogens (tertiary/aromatic N) is 2. The zero-order chi connectivity index (χ0) is 18.6. The number of fused-ring (bicyclic) bond motifs is 1. The highest BCUT2D eigenvalue weighted by molar-refractivity contribution is 7.98. The number of benzene rings is 1. The van der Waals surface area contributed by atoms with E-state index in [2.05, 4.69) is 5.32 Å². The average Bonchev–Trinajstić information content (AvgIpc) is 3.30. The lowest BCUT2D eigenvalue weighted by Crippen LogP contribution is -2.17. The van der Waals surface area contributed by atoms with Crippen molar-refractivity contribution in [2.24, 2.45) is 5.92 Å². The molecule has 2 heterocycles. The molecule has 1 aromatic carbocycles. The Morgan fingerprint density at radius 3 is 2.74 bits per heavy atom. The average molecular weight is 386 g/mol. The molecule has 27 heavy (non-hydrogen) atoms. The lowest BCUT2D eigenvalue weighted by molar-refractivity contribution is -0.116. The van der Waals surface area contributed by atoms with Crippen LogP contribution in [0.4, 0.5) is 5.82 Å². The van der Waals surface area contributed by atoms with Crippen molar-refractivity contribution in [1.29, 1.82) is 0 Å². The van der Waals surface area contributed by atoms with E-state index < -0.39 is 0 Å². The molecule has 4 rings (SSSR count). The first-order valence-electron chi connectivity index (χ1n) is 9.87.